The van der Waals surface area contributed by atoms with E-state index in [0.29, 0.717) is 24.3 Å². The highest BCUT2D eigenvalue weighted by atomic mass is 32.2. The SMILES string of the molecule is CCN1CCN(S(=O)(=O)c2ccc(NC(=O)c3cnn(-c4ccccc4)c3)cc2)CC1. The van der Waals surface area contributed by atoms with Crippen LogP contribution in [-0.2, 0) is 10.0 Å². The third kappa shape index (κ3) is 4.68. The molecule has 1 aliphatic rings. The minimum Gasteiger partial charge on any atom is -0.322 e. The van der Waals surface area contributed by atoms with Crippen LogP contribution in [0.5, 0.6) is 0 Å². The molecule has 9 heteroatoms. The normalized spacial score (nSPS) is 15.6. The molecule has 2 aromatic carbocycles. The number of rotatable bonds is 6. The maximum Gasteiger partial charge on any atom is 0.258 e. The molecule has 0 spiro atoms. The number of piperazine rings is 1. The largest absolute Gasteiger partial charge is 0.322 e. The van der Waals surface area contributed by atoms with Crippen LogP contribution in [0.1, 0.15) is 17.3 Å². The molecule has 0 saturated carbocycles. The van der Waals surface area contributed by atoms with Crippen molar-refractivity contribution in [1.82, 2.24) is 19.0 Å². The minimum absolute atomic E-state index is 0.229. The molecule has 31 heavy (non-hydrogen) atoms. The zero-order valence-corrected chi connectivity index (χ0v) is 18.1. The number of benzene rings is 2. The Balaban J connectivity index is 1.42. The molecule has 2 heterocycles. The van der Waals surface area contributed by atoms with Gasteiger partial charge in [0, 0.05) is 38.1 Å². The van der Waals surface area contributed by atoms with Crippen molar-refractivity contribution < 1.29 is 13.2 Å². The number of aromatic nitrogens is 2. The van der Waals surface area contributed by atoms with Crippen LogP contribution in [0, 0.1) is 0 Å². The summed E-state index contributed by atoms with van der Waals surface area (Å²) in [7, 11) is -3.54. The van der Waals surface area contributed by atoms with Crippen molar-refractivity contribution in [3.05, 3.63) is 72.6 Å². The minimum atomic E-state index is -3.54. The molecule has 1 aromatic heterocycles. The van der Waals surface area contributed by atoms with Crippen LogP contribution in [0.2, 0.25) is 0 Å². The van der Waals surface area contributed by atoms with Crippen molar-refractivity contribution in [2.45, 2.75) is 11.8 Å². The summed E-state index contributed by atoms with van der Waals surface area (Å²) < 4.78 is 28.9. The number of amides is 1. The molecule has 0 atom stereocenters. The topological polar surface area (TPSA) is 87.5 Å². The van der Waals surface area contributed by atoms with Gasteiger partial charge < -0.3 is 10.2 Å². The van der Waals surface area contributed by atoms with E-state index >= 15 is 0 Å². The summed E-state index contributed by atoms with van der Waals surface area (Å²) in [5.41, 5.74) is 1.79. The van der Waals surface area contributed by atoms with E-state index in [-0.39, 0.29) is 10.8 Å². The predicted molar refractivity (Wildman–Crippen MR) is 119 cm³/mol. The third-order valence-corrected chi connectivity index (χ3v) is 7.31. The second kappa shape index (κ2) is 9.01. The van der Waals surface area contributed by atoms with Crippen LogP contribution < -0.4 is 5.32 Å². The number of hydrogen-bond donors (Lipinski definition) is 1. The Bertz CT molecular complexity index is 1140. The van der Waals surface area contributed by atoms with Gasteiger partial charge in [-0.3, -0.25) is 4.79 Å². The Hall–Kier alpha value is -3.01. The van der Waals surface area contributed by atoms with Crippen molar-refractivity contribution in [1.29, 1.82) is 0 Å². The molecule has 0 radical (unpaired) electrons. The molecule has 0 bridgehead atoms. The fourth-order valence-electron chi connectivity index (χ4n) is 3.51. The van der Waals surface area contributed by atoms with Gasteiger partial charge in [0.25, 0.3) is 5.91 Å². The van der Waals surface area contributed by atoms with E-state index in [9.17, 15) is 13.2 Å². The molecule has 3 aromatic rings. The van der Waals surface area contributed by atoms with Gasteiger partial charge in [-0.05, 0) is 42.9 Å². The van der Waals surface area contributed by atoms with Crippen molar-refractivity contribution in [2.75, 3.05) is 38.0 Å². The van der Waals surface area contributed by atoms with Crippen LogP contribution in [-0.4, -0.2) is 66.0 Å². The number of para-hydroxylation sites is 1. The lowest BCUT2D eigenvalue weighted by Crippen LogP contribution is -2.48. The highest BCUT2D eigenvalue weighted by Gasteiger charge is 2.27. The van der Waals surface area contributed by atoms with Gasteiger partial charge in [-0.2, -0.15) is 9.40 Å². The van der Waals surface area contributed by atoms with E-state index in [1.807, 2.05) is 30.3 Å². The van der Waals surface area contributed by atoms with Crippen LogP contribution in [0.15, 0.2) is 71.9 Å². The second-order valence-corrected chi connectivity index (χ2v) is 9.26. The fourth-order valence-corrected chi connectivity index (χ4v) is 4.93. The summed E-state index contributed by atoms with van der Waals surface area (Å²) in [5, 5.41) is 7.01. The number of carbonyl (C=O) groups excluding carboxylic acids is 1. The maximum absolute atomic E-state index is 12.9. The summed E-state index contributed by atoms with van der Waals surface area (Å²) in [6.45, 7) is 5.44. The van der Waals surface area contributed by atoms with Gasteiger partial charge in [0.05, 0.1) is 22.3 Å². The van der Waals surface area contributed by atoms with Gasteiger partial charge in [-0.15, -0.1) is 0 Å². The Morgan fingerprint density at radius 1 is 1.00 bits per heavy atom. The summed E-state index contributed by atoms with van der Waals surface area (Å²) in [6.07, 6.45) is 3.15. The standard InChI is InChI=1S/C22H25N5O3S/c1-2-25-12-14-26(15-13-25)31(29,30)21-10-8-19(9-11-21)24-22(28)18-16-23-27(17-18)20-6-4-3-5-7-20/h3-11,16-17H,2,12-15H2,1H3,(H,24,28). The van der Waals surface area contributed by atoms with Gasteiger partial charge in [-0.1, -0.05) is 25.1 Å². The predicted octanol–water partition coefficient (Wildman–Crippen LogP) is 2.45. The number of carbonyl (C=O) groups is 1. The van der Waals surface area contributed by atoms with Crippen LogP contribution in [0.3, 0.4) is 0 Å². The van der Waals surface area contributed by atoms with Crippen LogP contribution >= 0.6 is 0 Å². The Kier molecular flexibility index (Phi) is 6.17. The van der Waals surface area contributed by atoms with E-state index in [2.05, 4.69) is 22.2 Å². The van der Waals surface area contributed by atoms with Crippen LogP contribution in [0.25, 0.3) is 5.69 Å². The smallest absolute Gasteiger partial charge is 0.258 e. The average molecular weight is 440 g/mol. The molecule has 1 aliphatic heterocycles. The second-order valence-electron chi connectivity index (χ2n) is 7.33. The first kappa shape index (κ1) is 21.2. The molecule has 8 nitrogen and oxygen atoms in total. The quantitative estimate of drug-likeness (QED) is 0.638. The highest BCUT2D eigenvalue weighted by molar-refractivity contribution is 7.89. The first-order valence-electron chi connectivity index (χ1n) is 10.2. The van der Waals surface area contributed by atoms with Crippen molar-refractivity contribution in [2.24, 2.45) is 0 Å². The summed E-state index contributed by atoms with van der Waals surface area (Å²) in [6, 6.07) is 15.8. The lowest BCUT2D eigenvalue weighted by Gasteiger charge is -2.33. The molecule has 0 unspecified atom stereocenters. The number of sulfonamides is 1. The lowest BCUT2D eigenvalue weighted by molar-refractivity contribution is 0.102. The fraction of sp³-hybridized carbons (Fsp3) is 0.273. The maximum atomic E-state index is 12.9. The van der Waals surface area contributed by atoms with Crippen molar-refractivity contribution in [3.63, 3.8) is 0 Å². The van der Waals surface area contributed by atoms with E-state index in [1.165, 1.54) is 22.6 Å². The average Bonchev–Trinajstić information content (AvgIpc) is 3.31. The highest BCUT2D eigenvalue weighted by Crippen LogP contribution is 2.20. The van der Waals surface area contributed by atoms with Crippen molar-refractivity contribution >= 4 is 21.6 Å². The molecule has 162 valence electrons. The molecule has 1 fully saturated rings. The molecular weight excluding hydrogens is 414 g/mol. The van der Waals surface area contributed by atoms with E-state index < -0.39 is 10.0 Å². The van der Waals surface area contributed by atoms with E-state index in [0.717, 1.165) is 25.3 Å². The summed E-state index contributed by atoms with van der Waals surface area (Å²) in [5.74, 6) is -0.312. The third-order valence-electron chi connectivity index (χ3n) is 5.39. The van der Waals surface area contributed by atoms with Gasteiger partial charge >= 0.3 is 0 Å². The number of hydrogen-bond acceptors (Lipinski definition) is 5. The number of anilines is 1. The Morgan fingerprint density at radius 2 is 1.68 bits per heavy atom. The van der Waals surface area contributed by atoms with Gasteiger partial charge in [0.15, 0.2) is 0 Å². The molecule has 4 rings (SSSR count). The van der Waals surface area contributed by atoms with Crippen LogP contribution in [0.4, 0.5) is 5.69 Å². The van der Waals surface area contributed by atoms with E-state index in [4.69, 9.17) is 0 Å². The van der Waals surface area contributed by atoms with Gasteiger partial charge in [0.1, 0.15) is 0 Å². The monoisotopic (exact) mass is 439 g/mol. The summed E-state index contributed by atoms with van der Waals surface area (Å²) >= 11 is 0. The molecule has 1 amide bonds. The molecule has 1 N–H and O–H groups in total. The van der Waals surface area contributed by atoms with Gasteiger partial charge in [0.2, 0.25) is 10.0 Å². The van der Waals surface area contributed by atoms with E-state index in [1.54, 1.807) is 23.0 Å². The lowest BCUT2D eigenvalue weighted by atomic mass is 10.3. The summed E-state index contributed by atoms with van der Waals surface area (Å²) in [4.78, 5) is 15.0. The Morgan fingerprint density at radius 3 is 2.32 bits per heavy atom. The molecule has 0 aliphatic carbocycles. The first-order chi connectivity index (χ1) is 15.0. The van der Waals surface area contributed by atoms with Crippen molar-refractivity contribution in [3.8, 4) is 5.69 Å². The molecule has 1 saturated heterocycles. The first-order valence-corrected chi connectivity index (χ1v) is 11.7. The number of likely N-dealkylation sites (N-methyl/N-ethyl adjacent to an activating group) is 1. The Labute approximate surface area is 182 Å². The number of nitrogens with one attached hydrogen (secondary N) is 1. The molecular formula is C22H25N5O3S. The number of nitrogens with zero attached hydrogens (tertiary/aromatic N) is 4. The zero-order chi connectivity index (χ0) is 21.8. The zero-order valence-electron chi connectivity index (χ0n) is 17.3. The van der Waals surface area contributed by atoms with Gasteiger partial charge in [-0.25, -0.2) is 13.1 Å².